The third-order valence-corrected chi connectivity index (χ3v) is 6.07. The molecule has 0 saturated heterocycles. The number of nitrogens with one attached hydrogen (secondary N) is 1. The van der Waals surface area contributed by atoms with E-state index in [9.17, 15) is 13.2 Å². The Morgan fingerprint density at radius 3 is 2.28 bits per heavy atom. The van der Waals surface area contributed by atoms with Crippen molar-refractivity contribution in [2.24, 2.45) is 0 Å². The van der Waals surface area contributed by atoms with Crippen molar-refractivity contribution in [2.75, 3.05) is 11.1 Å². The molecule has 0 fully saturated rings. The lowest BCUT2D eigenvalue weighted by atomic mass is 9.92. The van der Waals surface area contributed by atoms with Gasteiger partial charge in [-0.2, -0.15) is 9.78 Å². The van der Waals surface area contributed by atoms with Gasteiger partial charge in [0, 0.05) is 29.4 Å². The second-order valence-corrected chi connectivity index (χ2v) is 9.79. The van der Waals surface area contributed by atoms with Crippen LogP contribution < -0.4 is 5.32 Å². The van der Waals surface area contributed by atoms with Crippen LogP contribution in [0.1, 0.15) is 43.7 Å². The molecule has 1 aromatic carbocycles. The number of nitrogens with zero attached hydrogens (tertiary/aromatic N) is 4. The van der Waals surface area contributed by atoms with Crippen molar-refractivity contribution < 1.29 is 13.2 Å². The minimum Gasteiger partial charge on any atom is -0.306 e. The molecule has 0 aliphatic carbocycles. The van der Waals surface area contributed by atoms with E-state index in [-0.39, 0.29) is 22.0 Å². The number of rotatable bonds is 5. The summed E-state index contributed by atoms with van der Waals surface area (Å²) in [6.45, 7) is 7.63. The molecule has 1 amide bonds. The van der Waals surface area contributed by atoms with E-state index in [0.29, 0.717) is 17.3 Å². The van der Waals surface area contributed by atoms with Gasteiger partial charge in [-0.1, -0.05) is 27.7 Å². The van der Waals surface area contributed by atoms with E-state index >= 15 is 0 Å². The fourth-order valence-corrected chi connectivity index (χ4v) is 3.44. The summed E-state index contributed by atoms with van der Waals surface area (Å²) < 4.78 is 25.4. The van der Waals surface area contributed by atoms with Gasteiger partial charge in [-0.3, -0.25) is 4.79 Å². The van der Waals surface area contributed by atoms with Gasteiger partial charge < -0.3 is 5.32 Å². The smallest absolute Gasteiger partial charge is 0.256 e. The summed E-state index contributed by atoms with van der Waals surface area (Å²) in [5.41, 5.74) is 0.860. The first-order valence-corrected chi connectivity index (χ1v) is 10.8. The van der Waals surface area contributed by atoms with Crippen molar-refractivity contribution in [3.05, 3.63) is 60.0 Å². The normalized spacial score (nSPS) is 12.0. The molecule has 0 radical (unpaired) electrons. The maximum Gasteiger partial charge on any atom is 0.256 e. The Morgan fingerprint density at radius 2 is 1.72 bits per heavy atom. The molecule has 9 heteroatoms. The van der Waals surface area contributed by atoms with Crippen LogP contribution in [0, 0.1) is 0 Å². The monoisotopic (exact) mass is 413 g/mol. The maximum absolute atomic E-state index is 12.7. The summed E-state index contributed by atoms with van der Waals surface area (Å²) >= 11 is 0. The number of carbonyl (C=O) groups excluding carboxylic acids is 1. The summed E-state index contributed by atoms with van der Waals surface area (Å²) in [4.78, 5) is 21.3. The van der Waals surface area contributed by atoms with Crippen LogP contribution in [-0.2, 0) is 15.3 Å². The fraction of sp³-hybridized carbons (Fsp3) is 0.300. The molecule has 0 saturated carbocycles. The van der Waals surface area contributed by atoms with Gasteiger partial charge in [0.2, 0.25) is 0 Å². The SMILES string of the molecule is CCS(=O)(=O)c1ccc(C(=O)Nc2cc(C(C)(C)C)nn2-c2ncccn2)cc1. The lowest BCUT2D eigenvalue weighted by molar-refractivity contribution is 0.102. The predicted octanol–water partition coefficient (Wildman–Crippen LogP) is 3.01. The zero-order valence-electron chi connectivity index (χ0n) is 16.7. The molecule has 0 unspecified atom stereocenters. The van der Waals surface area contributed by atoms with Gasteiger partial charge in [0.05, 0.1) is 16.3 Å². The van der Waals surface area contributed by atoms with Crippen molar-refractivity contribution in [3.8, 4) is 5.95 Å². The number of hydrogen-bond donors (Lipinski definition) is 1. The van der Waals surface area contributed by atoms with Gasteiger partial charge in [0.15, 0.2) is 9.84 Å². The van der Waals surface area contributed by atoms with Gasteiger partial charge >= 0.3 is 0 Å². The molecule has 0 spiro atoms. The second kappa shape index (κ2) is 7.75. The molecule has 2 heterocycles. The Morgan fingerprint density at radius 1 is 1.10 bits per heavy atom. The Labute approximate surface area is 169 Å². The highest BCUT2D eigenvalue weighted by atomic mass is 32.2. The average Bonchev–Trinajstić information content (AvgIpc) is 3.13. The van der Waals surface area contributed by atoms with E-state index in [0.717, 1.165) is 5.69 Å². The number of sulfone groups is 1. The minimum absolute atomic E-state index is 0.00435. The fourth-order valence-electron chi connectivity index (χ4n) is 2.56. The topological polar surface area (TPSA) is 107 Å². The summed E-state index contributed by atoms with van der Waals surface area (Å²) in [5.74, 6) is 0.381. The predicted molar refractivity (Wildman–Crippen MR) is 110 cm³/mol. The standard InChI is InChI=1S/C20H23N5O3S/c1-5-29(27,28)15-9-7-14(8-10-15)18(26)23-17-13-16(20(2,3)4)24-25(17)19-21-11-6-12-22-19/h6-13H,5H2,1-4H3,(H,23,26). The van der Waals surface area contributed by atoms with Crippen molar-refractivity contribution in [1.82, 2.24) is 19.7 Å². The Hall–Kier alpha value is -3.07. The molecular weight excluding hydrogens is 390 g/mol. The van der Waals surface area contributed by atoms with E-state index in [1.807, 2.05) is 20.8 Å². The number of carbonyl (C=O) groups is 1. The van der Waals surface area contributed by atoms with Gasteiger partial charge in [0.1, 0.15) is 5.82 Å². The molecule has 8 nitrogen and oxygen atoms in total. The zero-order chi connectivity index (χ0) is 21.2. The van der Waals surface area contributed by atoms with Crippen molar-refractivity contribution >= 4 is 21.6 Å². The third kappa shape index (κ3) is 4.51. The lowest BCUT2D eigenvalue weighted by Gasteiger charge is -2.13. The van der Waals surface area contributed by atoms with Crippen LogP contribution in [0.3, 0.4) is 0 Å². The molecule has 29 heavy (non-hydrogen) atoms. The van der Waals surface area contributed by atoms with E-state index in [1.165, 1.54) is 28.9 Å². The average molecular weight is 414 g/mol. The van der Waals surface area contributed by atoms with E-state index in [2.05, 4.69) is 20.4 Å². The quantitative estimate of drug-likeness (QED) is 0.689. The molecule has 0 aliphatic heterocycles. The zero-order valence-corrected chi connectivity index (χ0v) is 17.6. The number of aromatic nitrogens is 4. The van der Waals surface area contributed by atoms with E-state index in [1.54, 1.807) is 31.5 Å². The van der Waals surface area contributed by atoms with Crippen molar-refractivity contribution in [3.63, 3.8) is 0 Å². The van der Waals surface area contributed by atoms with Crippen LogP contribution in [0.25, 0.3) is 5.95 Å². The van der Waals surface area contributed by atoms with Gasteiger partial charge in [-0.05, 0) is 30.3 Å². The highest BCUT2D eigenvalue weighted by molar-refractivity contribution is 7.91. The molecule has 2 aromatic heterocycles. The first kappa shape index (κ1) is 20.7. The maximum atomic E-state index is 12.7. The first-order chi connectivity index (χ1) is 13.6. The molecule has 3 rings (SSSR count). The van der Waals surface area contributed by atoms with Gasteiger partial charge in [0.25, 0.3) is 11.9 Å². The molecule has 0 atom stereocenters. The third-order valence-electron chi connectivity index (χ3n) is 4.32. The van der Waals surface area contributed by atoms with Crippen LogP contribution in [0.2, 0.25) is 0 Å². The van der Waals surface area contributed by atoms with Crippen molar-refractivity contribution in [1.29, 1.82) is 0 Å². The summed E-state index contributed by atoms with van der Waals surface area (Å²) in [6.07, 6.45) is 3.19. The second-order valence-electron chi connectivity index (χ2n) is 7.51. The van der Waals surface area contributed by atoms with E-state index < -0.39 is 9.84 Å². The number of amides is 1. The largest absolute Gasteiger partial charge is 0.306 e. The summed E-state index contributed by atoms with van der Waals surface area (Å²) in [6, 6.07) is 9.33. The minimum atomic E-state index is -3.32. The van der Waals surface area contributed by atoms with Gasteiger partial charge in [-0.25, -0.2) is 18.4 Å². The summed E-state index contributed by atoms with van der Waals surface area (Å²) in [5, 5.41) is 7.38. The highest BCUT2D eigenvalue weighted by Gasteiger charge is 2.23. The van der Waals surface area contributed by atoms with Crippen LogP contribution >= 0.6 is 0 Å². The van der Waals surface area contributed by atoms with Gasteiger partial charge in [-0.15, -0.1) is 0 Å². The Bertz CT molecular complexity index is 1120. The van der Waals surface area contributed by atoms with Crippen LogP contribution in [0.5, 0.6) is 0 Å². The number of anilines is 1. The van der Waals surface area contributed by atoms with Crippen molar-refractivity contribution in [2.45, 2.75) is 38.0 Å². The highest BCUT2D eigenvalue weighted by Crippen LogP contribution is 2.25. The molecule has 3 aromatic rings. The lowest BCUT2D eigenvalue weighted by Crippen LogP contribution is -2.16. The number of hydrogen-bond acceptors (Lipinski definition) is 6. The Balaban J connectivity index is 1.93. The number of benzene rings is 1. The molecule has 0 bridgehead atoms. The van der Waals surface area contributed by atoms with Crippen LogP contribution in [0.4, 0.5) is 5.82 Å². The van der Waals surface area contributed by atoms with Crippen LogP contribution in [-0.4, -0.2) is 39.8 Å². The molecule has 1 N–H and O–H groups in total. The Kier molecular flexibility index (Phi) is 5.52. The molecule has 0 aliphatic rings. The molecular formula is C20H23N5O3S. The summed E-state index contributed by atoms with van der Waals surface area (Å²) in [7, 11) is -3.32. The molecule has 152 valence electrons. The van der Waals surface area contributed by atoms with Crippen LogP contribution in [0.15, 0.2) is 53.7 Å². The first-order valence-electron chi connectivity index (χ1n) is 9.14. The van der Waals surface area contributed by atoms with E-state index in [4.69, 9.17) is 0 Å².